The van der Waals surface area contributed by atoms with Crippen molar-refractivity contribution in [3.05, 3.63) is 85.1 Å². The molecule has 0 aliphatic rings. The largest absolute Gasteiger partial charge is 0.462 e. The van der Waals surface area contributed by atoms with E-state index in [-0.39, 0.29) is 31.1 Å². The monoisotopic (exact) mass is 1160 g/mol. The smallest absolute Gasteiger partial charge is 0.306 e. The van der Waals surface area contributed by atoms with Gasteiger partial charge in [0.05, 0.1) is 0 Å². The first-order valence-corrected chi connectivity index (χ1v) is 36.1. The number of carbonyl (C=O) groups excluding carboxylic acids is 3. The Bertz CT molecular complexity index is 1570. The van der Waals surface area contributed by atoms with E-state index >= 15 is 0 Å². The normalized spacial score (nSPS) is 12.6. The maximum absolute atomic E-state index is 12.9. The zero-order valence-electron chi connectivity index (χ0n) is 55.2. The summed E-state index contributed by atoms with van der Waals surface area (Å²) in [6.07, 6.45) is 94.9. The summed E-state index contributed by atoms with van der Waals surface area (Å²) in [7, 11) is 0. The highest BCUT2D eigenvalue weighted by atomic mass is 16.6. The molecule has 0 N–H and O–H groups in total. The predicted molar refractivity (Wildman–Crippen MR) is 362 cm³/mol. The number of rotatable bonds is 66. The third kappa shape index (κ3) is 69.3. The van der Waals surface area contributed by atoms with E-state index < -0.39 is 6.10 Å². The standard InChI is InChI=1S/C77H136O6/c1-4-7-10-13-16-19-22-24-26-28-30-32-34-36-37-38-39-40-42-43-45-47-49-51-53-55-58-61-64-67-70-76(79)82-73-74(72-81-75(78)69-66-63-60-57-21-18-15-12-9-6-3)83-77(80)71-68-65-62-59-56-54-52-50-48-46-44-41-35-33-31-29-27-25-23-20-17-14-11-8-5-2/h8,11,17,20,25,27,31,33,41,44,48,50,54,56,74H,4-7,9-10,12-16,18-19,21-24,26,28-30,32,34-40,42-43,45-47,49,51-53,55,57-73H2,1-3H3/b11-8-,20-17-,27-25-,33-31-,44-41-,50-48-,56-54-. The van der Waals surface area contributed by atoms with Gasteiger partial charge in [-0.05, 0) is 77.0 Å². The second-order valence-electron chi connectivity index (χ2n) is 24.1. The van der Waals surface area contributed by atoms with Crippen LogP contribution in [0.25, 0.3) is 0 Å². The van der Waals surface area contributed by atoms with Crippen molar-refractivity contribution in [1.82, 2.24) is 0 Å². The van der Waals surface area contributed by atoms with Gasteiger partial charge in [0.1, 0.15) is 13.2 Å². The van der Waals surface area contributed by atoms with Gasteiger partial charge in [0.15, 0.2) is 6.10 Å². The summed E-state index contributed by atoms with van der Waals surface area (Å²) in [4.78, 5) is 38.3. The summed E-state index contributed by atoms with van der Waals surface area (Å²) in [5.74, 6) is -0.903. The van der Waals surface area contributed by atoms with Crippen LogP contribution in [0, 0.1) is 0 Å². The quantitative estimate of drug-likeness (QED) is 0.0261. The van der Waals surface area contributed by atoms with Gasteiger partial charge in [0.25, 0.3) is 0 Å². The zero-order chi connectivity index (χ0) is 59.9. The summed E-state index contributed by atoms with van der Waals surface area (Å²) in [6.45, 7) is 6.54. The van der Waals surface area contributed by atoms with Crippen LogP contribution >= 0.6 is 0 Å². The van der Waals surface area contributed by atoms with Crippen molar-refractivity contribution < 1.29 is 28.6 Å². The predicted octanol–water partition coefficient (Wildman–Crippen LogP) is 25.0. The minimum atomic E-state index is -0.793. The molecule has 0 radical (unpaired) electrons. The lowest BCUT2D eigenvalue weighted by atomic mass is 10.0. The van der Waals surface area contributed by atoms with E-state index in [2.05, 4.69) is 106 Å². The van der Waals surface area contributed by atoms with Crippen LogP contribution < -0.4 is 0 Å². The summed E-state index contributed by atoms with van der Waals surface area (Å²) in [5, 5.41) is 0. The number of carbonyl (C=O) groups is 3. The SMILES string of the molecule is CC/C=C\C/C=C\C/C=C\C/C=C\C/C=C\C/C=C\C/C=C\CCCCCC(=O)OC(COC(=O)CCCCCCCCCCCC)COC(=O)CCCCCCCCCCCCCCCCCCCCCCCCCCCCCCCC. The van der Waals surface area contributed by atoms with Gasteiger partial charge in [-0.15, -0.1) is 0 Å². The lowest BCUT2D eigenvalue weighted by Gasteiger charge is -2.18. The Labute approximate surface area is 515 Å². The fourth-order valence-electron chi connectivity index (χ4n) is 10.5. The second-order valence-corrected chi connectivity index (χ2v) is 24.1. The highest BCUT2D eigenvalue weighted by Gasteiger charge is 2.19. The fraction of sp³-hybridized carbons (Fsp3) is 0.779. The number of hydrogen-bond acceptors (Lipinski definition) is 6. The highest BCUT2D eigenvalue weighted by Crippen LogP contribution is 2.18. The molecular weight excluding hydrogens is 1020 g/mol. The summed E-state index contributed by atoms with van der Waals surface area (Å²) >= 11 is 0. The van der Waals surface area contributed by atoms with Crippen LogP contribution in [-0.2, 0) is 28.6 Å². The average molecular weight is 1160 g/mol. The molecule has 0 spiro atoms. The summed E-state index contributed by atoms with van der Waals surface area (Å²) in [5.41, 5.74) is 0. The number of hydrogen-bond donors (Lipinski definition) is 0. The van der Waals surface area contributed by atoms with Gasteiger partial charge >= 0.3 is 17.9 Å². The molecule has 1 atom stereocenters. The third-order valence-corrected chi connectivity index (χ3v) is 15.9. The van der Waals surface area contributed by atoms with Crippen molar-refractivity contribution in [2.45, 2.75) is 374 Å². The molecule has 0 fully saturated rings. The first-order chi connectivity index (χ1) is 41.0. The molecule has 0 bridgehead atoms. The van der Waals surface area contributed by atoms with Gasteiger partial charge in [0, 0.05) is 19.3 Å². The van der Waals surface area contributed by atoms with E-state index in [9.17, 15) is 14.4 Å². The van der Waals surface area contributed by atoms with Gasteiger partial charge in [-0.3, -0.25) is 14.4 Å². The first-order valence-electron chi connectivity index (χ1n) is 36.1. The molecule has 480 valence electrons. The molecule has 0 aromatic carbocycles. The number of allylic oxidation sites excluding steroid dienone is 14. The van der Waals surface area contributed by atoms with Gasteiger partial charge < -0.3 is 14.2 Å². The molecule has 1 unspecified atom stereocenters. The summed E-state index contributed by atoms with van der Waals surface area (Å²) in [6, 6.07) is 0. The molecule has 6 nitrogen and oxygen atoms in total. The molecule has 6 heteroatoms. The number of unbranched alkanes of at least 4 members (excludes halogenated alkanes) is 41. The van der Waals surface area contributed by atoms with E-state index in [1.54, 1.807) is 0 Å². The molecule has 0 heterocycles. The second kappa shape index (κ2) is 71.1. The van der Waals surface area contributed by atoms with Gasteiger partial charge in [0.2, 0.25) is 0 Å². The van der Waals surface area contributed by atoms with E-state index in [0.29, 0.717) is 19.3 Å². The average Bonchev–Trinajstić information content (AvgIpc) is 3.48. The van der Waals surface area contributed by atoms with Crippen molar-refractivity contribution >= 4 is 17.9 Å². The molecule has 83 heavy (non-hydrogen) atoms. The van der Waals surface area contributed by atoms with Crippen molar-refractivity contribution in [3.63, 3.8) is 0 Å². The van der Waals surface area contributed by atoms with Gasteiger partial charge in [-0.1, -0.05) is 356 Å². The van der Waals surface area contributed by atoms with E-state index in [1.165, 1.54) is 218 Å². The molecule has 0 aliphatic heterocycles. The minimum Gasteiger partial charge on any atom is -0.462 e. The molecular formula is C77H136O6. The van der Waals surface area contributed by atoms with Crippen LogP contribution in [0.1, 0.15) is 367 Å². The Balaban J connectivity index is 4.20. The lowest BCUT2D eigenvalue weighted by molar-refractivity contribution is -0.167. The third-order valence-electron chi connectivity index (χ3n) is 15.9. The van der Waals surface area contributed by atoms with E-state index in [0.717, 1.165) is 109 Å². The van der Waals surface area contributed by atoms with Gasteiger partial charge in [-0.2, -0.15) is 0 Å². The molecule has 0 aromatic rings. The Kier molecular flexibility index (Phi) is 68.2. The van der Waals surface area contributed by atoms with Crippen molar-refractivity contribution in [2.24, 2.45) is 0 Å². The van der Waals surface area contributed by atoms with E-state index in [4.69, 9.17) is 14.2 Å². The van der Waals surface area contributed by atoms with Gasteiger partial charge in [-0.25, -0.2) is 0 Å². The maximum atomic E-state index is 12.9. The zero-order valence-corrected chi connectivity index (χ0v) is 55.2. The maximum Gasteiger partial charge on any atom is 0.306 e. The van der Waals surface area contributed by atoms with Crippen LogP contribution in [0.5, 0.6) is 0 Å². The molecule has 0 aromatic heterocycles. The van der Waals surface area contributed by atoms with Crippen LogP contribution in [0.4, 0.5) is 0 Å². The topological polar surface area (TPSA) is 78.9 Å². The Morgan fingerprint density at radius 2 is 0.470 bits per heavy atom. The van der Waals surface area contributed by atoms with Crippen LogP contribution in [0.3, 0.4) is 0 Å². The molecule has 0 saturated carbocycles. The molecule has 0 aliphatic carbocycles. The number of ether oxygens (including phenoxy) is 3. The Hall–Kier alpha value is -3.41. The minimum absolute atomic E-state index is 0.0861. The lowest BCUT2D eigenvalue weighted by Crippen LogP contribution is -2.30. The fourth-order valence-corrected chi connectivity index (χ4v) is 10.5. The number of esters is 3. The first kappa shape index (κ1) is 79.6. The van der Waals surface area contributed by atoms with Crippen molar-refractivity contribution in [2.75, 3.05) is 13.2 Å². The summed E-state index contributed by atoms with van der Waals surface area (Å²) < 4.78 is 16.9. The van der Waals surface area contributed by atoms with E-state index in [1.807, 2.05) is 0 Å². The Morgan fingerprint density at radius 1 is 0.253 bits per heavy atom. The van der Waals surface area contributed by atoms with Crippen LogP contribution in [0.15, 0.2) is 85.1 Å². The molecule has 0 rings (SSSR count). The van der Waals surface area contributed by atoms with Crippen molar-refractivity contribution in [3.8, 4) is 0 Å². The molecule has 0 amide bonds. The van der Waals surface area contributed by atoms with Crippen LogP contribution in [0.2, 0.25) is 0 Å². The van der Waals surface area contributed by atoms with Crippen LogP contribution in [-0.4, -0.2) is 37.2 Å². The Morgan fingerprint density at radius 3 is 0.735 bits per heavy atom. The molecule has 0 saturated heterocycles. The highest BCUT2D eigenvalue weighted by molar-refractivity contribution is 5.71. The van der Waals surface area contributed by atoms with Crippen molar-refractivity contribution in [1.29, 1.82) is 0 Å².